The Kier molecular flexibility index (Phi) is 3.34. The zero-order chi connectivity index (χ0) is 11.5. The van der Waals surface area contributed by atoms with Crippen LogP contribution in [0.5, 0.6) is 5.75 Å². The molecule has 16 heavy (non-hydrogen) atoms. The number of hydrogen-bond acceptors (Lipinski definition) is 3. The van der Waals surface area contributed by atoms with Gasteiger partial charge in [-0.1, -0.05) is 0 Å². The van der Waals surface area contributed by atoms with Crippen LogP contribution < -0.4 is 9.64 Å². The SMILES string of the molecule is CCN1CC(CCO)c2cc(OC)ccc21. The molecule has 1 N–H and O–H groups in total. The lowest BCUT2D eigenvalue weighted by molar-refractivity contribution is 0.277. The van der Waals surface area contributed by atoms with Crippen molar-refractivity contribution < 1.29 is 9.84 Å². The van der Waals surface area contributed by atoms with E-state index in [1.807, 2.05) is 6.07 Å². The Morgan fingerprint density at radius 1 is 1.50 bits per heavy atom. The maximum atomic E-state index is 9.09. The summed E-state index contributed by atoms with van der Waals surface area (Å²) in [4.78, 5) is 2.36. The first-order valence-electron chi connectivity index (χ1n) is 5.83. The Balaban J connectivity index is 2.33. The van der Waals surface area contributed by atoms with Crippen LogP contribution in [0.25, 0.3) is 0 Å². The van der Waals surface area contributed by atoms with E-state index in [0.717, 1.165) is 25.3 Å². The molecule has 1 aliphatic rings. The Labute approximate surface area is 96.6 Å². The number of methoxy groups -OCH3 is 1. The zero-order valence-electron chi connectivity index (χ0n) is 9.94. The number of aliphatic hydroxyl groups is 1. The number of nitrogens with zero attached hydrogens (tertiary/aromatic N) is 1. The van der Waals surface area contributed by atoms with E-state index in [0.29, 0.717) is 5.92 Å². The van der Waals surface area contributed by atoms with Crippen LogP contribution in [-0.2, 0) is 0 Å². The van der Waals surface area contributed by atoms with Crippen molar-refractivity contribution in [3.63, 3.8) is 0 Å². The van der Waals surface area contributed by atoms with Gasteiger partial charge in [-0.2, -0.15) is 0 Å². The standard InChI is InChI=1S/C13H19NO2/c1-3-14-9-10(6-7-15)12-8-11(16-2)4-5-13(12)14/h4-5,8,10,15H,3,6-7,9H2,1-2H3. The maximum absolute atomic E-state index is 9.09. The average molecular weight is 221 g/mol. The van der Waals surface area contributed by atoms with Crippen LogP contribution in [0.4, 0.5) is 5.69 Å². The molecule has 1 aliphatic heterocycles. The molecule has 0 bridgehead atoms. The van der Waals surface area contributed by atoms with Crippen LogP contribution in [0.3, 0.4) is 0 Å². The molecule has 0 aliphatic carbocycles. The molecule has 3 nitrogen and oxygen atoms in total. The summed E-state index contributed by atoms with van der Waals surface area (Å²) in [5.41, 5.74) is 2.61. The molecule has 0 fully saturated rings. The highest BCUT2D eigenvalue weighted by Gasteiger charge is 2.27. The van der Waals surface area contributed by atoms with Crippen molar-refractivity contribution in [1.29, 1.82) is 0 Å². The molecule has 1 aromatic rings. The van der Waals surface area contributed by atoms with Crippen LogP contribution >= 0.6 is 0 Å². The lowest BCUT2D eigenvalue weighted by atomic mass is 9.98. The number of likely N-dealkylation sites (N-methyl/N-ethyl adjacent to an activating group) is 1. The largest absolute Gasteiger partial charge is 0.497 e. The van der Waals surface area contributed by atoms with E-state index in [1.165, 1.54) is 11.3 Å². The van der Waals surface area contributed by atoms with Crippen molar-refractivity contribution in [3.8, 4) is 5.75 Å². The minimum Gasteiger partial charge on any atom is -0.497 e. The van der Waals surface area contributed by atoms with Crippen LogP contribution in [0.2, 0.25) is 0 Å². The molecule has 1 aromatic carbocycles. The van der Waals surface area contributed by atoms with E-state index < -0.39 is 0 Å². The molecular formula is C13H19NO2. The van der Waals surface area contributed by atoms with E-state index in [4.69, 9.17) is 9.84 Å². The summed E-state index contributed by atoms with van der Waals surface area (Å²) < 4.78 is 5.25. The summed E-state index contributed by atoms with van der Waals surface area (Å²) >= 11 is 0. The summed E-state index contributed by atoms with van der Waals surface area (Å²) in [6, 6.07) is 6.23. The lowest BCUT2D eigenvalue weighted by Gasteiger charge is -2.16. The van der Waals surface area contributed by atoms with Gasteiger partial charge in [-0.25, -0.2) is 0 Å². The van der Waals surface area contributed by atoms with E-state index in [9.17, 15) is 0 Å². The molecule has 0 aromatic heterocycles. The van der Waals surface area contributed by atoms with E-state index >= 15 is 0 Å². The first-order chi connectivity index (χ1) is 7.80. The average Bonchev–Trinajstić information content (AvgIpc) is 2.67. The fraction of sp³-hybridized carbons (Fsp3) is 0.538. The van der Waals surface area contributed by atoms with Gasteiger partial charge in [-0.15, -0.1) is 0 Å². The fourth-order valence-corrected chi connectivity index (χ4v) is 2.44. The summed E-state index contributed by atoms with van der Waals surface area (Å²) in [6.45, 7) is 4.44. The number of anilines is 1. The molecule has 0 spiro atoms. The van der Waals surface area contributed by atoms with Gasteiger partial charge in [-0.3, -0.25) is 0 Å². The zero-order valence-corrected chi connectivity index (χ0v) is 9.94. The topological polar surface area (TPSA) is 32.7 Å². The van der Waals surface area contributed by atoms with Gasteiger partial charge < -0.3 is 14.7 Å². The highest BCUT2D eigenvalue weighted by Crippen LogP contribution is 2.39. The monoisotopic (exact) mass is 221 g/mol. The molecule has 1 heterocycles. The van der Waals surface area contributed by atoms with Gasteiger partial charge in [-0.05, 0) is 37.1 Å². The number of ether oxygens (including phenoxy) is 1. The molecule has 1 atom stereocenters. The van der Waals surface area contributed by atoms with Crippen molar-refractivity contribution in [2.45, 2.75) is 19.3 Å². The van der Waals surface area contributed by atoms with E-state index in [2.05, 4.69) is 24.0 Å². The normalized spacial score (nSPS) is 18.7. The van der Waals surface area contributed by atoms with Gasteiger partial charge in [0.05, 0.1) is 7.11 Å². The fourth-order valence-electron chi connectivity index (χ4n) is 2.44. The smallest absolute Gasteiger partial charge is 0.119 e. The molecule has 0 saturated heterocycles. The molecule has 1 unspecified atom stereocenters. The second-order valence-corrected chi connectivity index (χ2v) is 4.17. The summed E-state index contributed by atoms with van der Waals surface area (Å²) in [6.07, 6.45) is 0.830. The predicted molar refractivity (Wildman–Crippen MR) is 65.3 cm³/mol. The van der Waals surface area contributed by atoms with Gasteiger partial charge in [0.15, 0.2) is 0 Å². The third-order valence-electron chi connectivity index (χ3n) is 3.32. The molecule has 3 heteroatoms. The van der Waals surface area contributed by atoms with Gasteiger partial charge in [0.2, 0.25) is 0 Å². The quantitative estimate of drug-likeness (QED) is 0.844. The second kappa shape index (κ2) is 4.74. The molecule has 0 amide bonds. The van der Waals surface area contributed by atoms with Crippen molar-refractivity contribution in [2.75, 3.05) is 31.7 Å². The number of benzene rings is 1. The molecule has 2 rings (SSSR count). The van der Waals surface area contributed by atoms with Gasteiger partial charge in [0, 0.05) is 31.3 Å². The van der Waals surface area contributed by atoms with Crippen LogP contribution in [-0.4, -0.2) is 31.9 Å². The van der Waals surface area contributed by atoms with Crippen LogP contribution in [0.1, 0.15) is 24.8 Å². The van der Waals surface area contributed by atoms with Crippen LogP contribution in [0.15, 0.2) is 18.2 Å². The lowest BCUT2D eigenvalue weighted by Crippen LogP contribution is -2.21. The molecule has 0 saturated carbocycles. The Morgan fingerprint density at radius 3 is 2.94 bits per heavy atom. The third-order valence-corrected chi connectivity index (χ3v) is 3.32. The number of rotatable bonds is 4. The number of hydrogen-bond donors (Lipinski definition) is 1. The second-order valence-electron chi connectivity index (χ2n) is 4.17. The van der Waals surface area contributed by atoms with Crippen molar-refractivity contribution in [1.82, 2.24) is 0 Å². The van der Waals surface area contributed by atoms with Gasteiger partial charge >= 0.3 is 0 Å². The first kappa shape index (κ1) is 11.3. The Bertz CT molecular complexity index is 365. The van der Waals surface area contributed by atoms with Crippen molar-refractivity contribution in [2.24, 2.45) is 0 Å². The third kappa shape index (κ3) is 1.87. The highest BCUT2D eigenvalue weighted by molar-refractivity contribution is 5.62. The van der Waals surface area contributed by atoms with Gasteiger partial charge in [0.25, 0.3) is 0 Å². The van der Waals surface area contributed by atoms with E-state index in [-0.39, 0.29) is 6.61 Å². The Morgan fingerprint density at radius 2 is 2.31 bits per heavy atom. The molecular weight excluding hydrogens is 202 g/mol. The van der Waals surface area contributed by atoms with Crippen molar-refractivity contribution in [3.05, 3.63) is 23.8 Å². The number of aliphatic hydroxyl groups excluding tert-OH is 1. The predicted octanol–water partition coefficient (Wildman–Crippen LogP) is 2.00. The Hall–Kier alpha value is -1.22. The number of fused-ring (bicyclic) bond motifs is 1. The molecule has 0 radical (unpaired) electrons. The molecule has 88 valence electrons. The summed E-state index contributed by atoms with van der Waals surface area (Å²) in [7, 11) is 1.69. The minimum absolute atomic E-state index is 0.249. The van der Waals surface area contributed by atoms with Gasteiger partial charge in [0.1, 0.15) is 5.75 Å². The van der Waals surface area contributed by atoms with Crippen LogP contribution in [0, 0.1) is 0 Å². The maximum Gasteiger partial charge on any atom is 0.119 e. The minimum atomic E-state index is 0.249. The summed E-state index contributed by atoms with van der Waals surface area (Å²) in [5.74, 6) is 1.34. The van der Waals surface area contributed by atoms with Crippen molar-refractivity contribution >= 4 is 5.69 Å². The van der Waals surface area contributed by atoms with E-state index in [1.54, 1.807) is 7.11 Å². The summed E-state index contributed by atoms with van der Waals surface area (Å²) in [5, 5.41) is 9.09. The first-order valence-corrected chi connectivity index (χ1v) is 5.83. The highest BCUT2D eigenvalue weighted by atomic mass is 16.5.